The van der Waals surface area contributed by atoms with Gasteiger partial charge < -0.3 is 19.5 Å². The van der Waals surface area contributed by atoms with E-state index in [1.807, 2.05) is 73.9 Å². The van der Waals surface area contributed by atoms with Gasteiger partial charge in [-0.1, -0.05) is 30.3 Å². The molecule has 1 fully saturated rings. The van der Waals surface area contributed by atoms with Crippen molar-refractivity contribution in [1.82, 2.24) is 19.9 Å². The Labute approximate surface area is 240 Å². The van der Waals surface area contributed by atoms with E-state index < -0.39 is 0 Å². The molecule has 2 atom stereocenters. The molecule has 4 heterocycles. The molecule has 1 N–H and O–H groups in total. The lowest BCUT2D eigenvalue weighted by atomic mass is 9.96. The lowest BCUT2D eigenvalue weighted by molar-refractivity contribution is 0.479. The lowest BCUT2D eigenvalue weighted by Crippen LogP contribution is -2.29. The maximum absolute atomic E-state index is 6.17. The fraction of sp³-hybridized carbons (Fsp3) is 0.182. The molecule has 1 saturated heterocycles. The molecule has 0 bridgehead atoms. The monoisotopic (exact) mass is 545 g/mol. The Balaban J connectivity index is 1.42. The van der Waals surface area contributed by atoms with Crippen LogP contribution in [0, 0.1) is 27.7 Å². The zero-order valence-corrected chi connectivity index (χ0v) is 23.8. The van der Waals surface area contributed by atoms with E-state index in [0.717, 1.165) is 51.2 Å². The molecule has 6 rings (SSSR count). The van der Waals surface area contributed by atoms with Crippen molar-refractivity contribution in [2.75, 3.05) is 4.90 Å². The average molecular weight is 546 g/mol. The number of hydrogen-bond donors (Lipinski definition) is 1. The molecule has 1 aliphatic rings. The van der Waals surface area contributed by atoms with Crippen LogP contribution < -0.4 is 15.0 Å². The highest BCUT2D eigenvalue weighted by atomic mass is 32.1. The van der Waals surface area contributed by atoms with Crippen LogP contribution >= 0.6 is 12.2 Å². The molecule has 200 valence electrons. The molecule has 7 heteroatoms. The summed E-state index contributed by atoms with van der Waals surface area (Å²) in [7, 11) is 0. The Morgan fingerprint density at radius 1 is 0.800 bits per heavy atom. The zero-order valence-electron chi connectivity index (χ0n) is 23.0. The van der Waals surface area contributed by atoms with Gasteiger partial charge in [0.2, 0.25) is 0 Å². The van der Waals surface area contributed by atoms with Gasteiger partial charge >= 0.3 is 0 Å². The topological polar surface area (TPSA) is 55.2 Å². The van der Waals surface area contributed by atoms with Crippen LogP contribution in [-0.2, 0) is 0 Å². The molecular formula is C33H31N5OS. The van der Waals surface area contributed by atoms with Crippen molar-refractivity contribution in [2.45, 2.75) is 39.8 Å². The summed E-state index contributed by atoms with van der Waals surface area (Å²) in [4.78, 5) is 11.6. The Bertz CT molecular complexity index is 1680. The molecule has 2 aromatic carbocycles. The average Bonchev–Trinajstić information content (AvgIpc) is 3.46. The molecule has 6 nitrogen and oxygen atoms in total. The molecule has 5 aromatic rings. The Kier molecular flexibility index (Phi) is 6.82. The van der Waals surface area contributed by atoms with E-state index in [-0.39, 0.29) is 12.1 Å². The minimum atomic E-state index is -0.129. The maximum atomic E-state index is 6.17. The van der Waals surface area contributed by atoms with E-state index in [2.05, 4.69) is 65.9 Å². The maximum Gasteiger partial charge on any atom is 0.174 e. The fourth-order valence-electron chi connectivity index (χ4n) is 5.55. The summed E-state index contributed by atoms with van der Waals surface area (Å²) in [6, 6.07) is 28.2. The van der Waals surface area contributed by atoms with E-state index in [9.17, 15) is 0 Å². The molecule has 0 unspecified atom stereocenters. The number of benzene rings is 2. The number of nitrogens with one attached hydrogen (secondary N) is 1. The number of aromatic nitrogens is 3. The van der Waals surface area contributed by atoms with Crippen molar-refractivity contribution in [2.24, 2.45) is 0 Å². The molecule has 0 saturated carbocycles. The normalized spacial score (nSPS) is 16.7. The Morgan fingerprint density at radius 3 is 2.25 bits per heavy atom. The third kappa shape index (κ3) is 4.62. The SMILES string of the molecule is Cc1ccccc1Oc1ccc(N2C(=S)N[C@@H](c3ccccn3)[C@H]2c2cc(C)n(-c3ncccc3C)c2C)cc1. The molecule has 0 spiro atoms. The highest BCUT2D eigenvalue weighted by Gasteiger charge is 2.42. The van der Waals surface area contributed by atoms with Crippen LogP contribution in [0.25, 0.3) is 5.82 Å². The van der Waals surface area contributed by atoms with Gasteiger partial charge in [0.1, 0.15) is 17.3 Å². The smallest absolute Gasteiger partial charge is 0.174 e. The predicted molar refractivity (Wildman–Crippen MR) is 163 cm³/mol. The van der Waals surface area contributed by atoms with Crippen LogP contribution in [-0.4, -0.2) is 19.6 Å². The van der Waals surface area contributed by atoms with E-state index in [0.29, 0.717) is 5.11 Å². The predicted octanol–water partition coefficient (Wildman–Crippen LogP) is 7.47. The number of thiocarbonyl (C=S) groups is 1. The van der Waals surface area contributed by atoms with E-state index >= 15 is 0 Å². The van der Waals surface area contributed by atoms with Crippen LogP contribution in [0.4, 0.5) is 5.69 Å². The van der Waals surface area contributed by atoms with Gasteiger partial charge in [-0.05, 0) is 111 Å². The number of hydrogen-bond acceptors (Lipinski definition) is 4. The number of rotatable bonds is 6. The van der Waals surface area contributed by atoms with Crippen molar-refractivity contribution in [3.05, 3.63) is 131 Å². The second-order valence-electron chi connectivity index (χ2n) is 10.2. The molecule has 40 heavy (non-hydrogen) atoms. The molecule has 1 aliphatic heterocycles. The second-order valence-corrected chi connectivity index (χ2v) is 10.6. The first kappa shape index (κ1) is 25.8. The van der Waals surface area contributed by atoms with Crippen molar-refractivity contribution in [3.63, 3.8) is 0 Å². The first-order chi connectivity index (χ1) is 19.4. The van der Waals surface area contributed by atoms with Crippen LogP contribution in [0.3, 0.4) is 0 Å². The van der Waals surface area contributed by atoms with Gasteiger partial charge in [-0.25, -0.2) is 4.98 Å². The van der Waals surface area contributed by atoms with E-state index in [1.54, 1.807) is 0 Å². The summed E-state index contributed by atoms with van der Waals surface area (Å²) >= 11 is 5.97. The molecule has 0 radical (unpaired) electrons. The van der Waals surface area contributed by atoms with Crippen molar-refractivity contribution >= 4 is 23.0 Å². The van der Waals surface area contributed by atoms with Crippen molar-refractivity contribution in [1.29, 1.82) is 0 Å². The Hall–Kier alpha value is -4.49. The second kappa shape index (κ2) is 10.6. The van der Waals surface area contributed by atoms with Gasteiger partial charge in [0.05, 0.1) is 17.8 Å². The zero-order chi connectivity index (χ0) is 27.8. The minimum absolute atomic E-state index is 0.116. The van der Waals surface area contributed by atoms with Gasteiger partial charge in [-0.15, -0.1) is 0 Å². The summed E-state index contributed by atoms with van der Waals surface area (Å²) in [5.74, 6) is 2.56. The summed E-state index contributed by atoms with van der Waals surface area (Å²) in [5.41, 5.74) is 7.56. The lowest BCUT2D eigenvalue weighted by Gasteiger charge is -2.28. The molecule has 3 aromatic heterocycles. The van der Waals surface area contributed by atoms with Gasteiger partial charge in [-0.2, -0.15) is 0 Å². The number of aryl methyl sites for hydroxylation is 3. The molecule has 0 aliphatic carbocycles. The van der Waals surface area contributed by atoms with Crippen molar-refractivity contribution in [3.8, 4) is 17.3 Å². The highest BCUT2D eigenvalue weighted by molar-refractivity contribution is 7.80. The molecule has 0 amide bonds. The standard InChI is InChI=1S/C33H31N5OS/c1-21-10-5-6-13-29(21)39-26-16-14-25(15-17-26)38-31(30(36-33(38)40)28-12-7-8-18-34-28)27-20-23(3)37(24(27)4)32-22(2)11-9-19-35-32/h5-20,30-31H,1-4H3,(H,36,40)/t30-,31+/m0/s1. The number of para-hydroxylation sites is 1. The van der Waals surface area contributed by atoms with Gasteiger partial charge in [0, 0.05) is 29.5 Å². The quantitative estimate of drug-likeness (QED) is 0.223. The molecular weight excluding hydrogens is 514 g/mol. The number of anilines is 1. The third-order valence-electron chi connectivity index (χ3n) is 7.52. The van der Waals surface area contributed by atoms with Crippen molar-refractivity contribution < 1.29 is 4.74 Å². The first-order valence-electron chi connectivity index (χ1n) is 13.4. The van der Waals surface area contributed by atoms with Gasteiger partial charge in [-0.3, -0.25) is 4.98 Å². The van der Waals surface area contributed by atoms with Gasteiger partial charge in [0.25, 0.3) is 0 Å². The third-order valence-corrected chi connectivity index (χ3v) is 7.83. The van der Waals surface area contributed by atoms with Crippen LogP contribution in [0.1, 0.15) is 45.9 Å². The number of pyridine rings is 2. The van der Waals surface area contributed by atoms with E-state index in [1.165, 1.54) is 5.56 Å². The number of ether oxygens (including phenoxy) is 1. The fourth-order valence-corrected chi connectivity index (χ4v) is 5.89. The van der Waals surface area contributed by atoms with Crippen LogP contribution in [0.5, 0.6) is 11.5 Å². The largest absolute Gasteiger partial charge is 0.457 e. The number of nitrogens with zero attached hydrogens (tertiary/aromatic N) is 4. The minimum Gasteiger partial charge on any atom is -0.457 e. The summed E-state index contributed by atoms with van der Waals surface area (Å²) < 4.78 is 8.40. The first-order valence-corrected chi connectivity index (χ1v) is 13.8. The van der Waals surface area contributed by atoms with E-state index in [4.69, 9.17) is 26.9 Å². The van der Waals surface area contributed by atoms with Gasteiger partial charge in [0.15, 0.2) is 5.11 Å². The summed E-state index contributed by atoms with van der Waals surface area (Å²) in [5, 5.41) is 4.23. The summed E-state index contributed by atoms with van der Waals surface area (Å²) in [6.07, 6.45) is 3.68. The Morgan fingerprint density at radius 2 is 1.52 bits per heavy atom. The van der Waals surface area contributed by atoms with Crippen LogP contribution in [0.15, 0.2) is 97.3 Å². The van der Waals surface area contributed by atoms with Crippen LogP contribution in [0.2, 0.25) is 0 Å². The summed E-state index contributed by atoms with van der Waals surface area (Å²) in [6.45, 7) is 8.42. The highest BCUT2D eigenvalue weighted by Crippen LogP contribution is 2.44.